The molecule has 0 aliphatic carbocycles. The Hall–Kier alpha value is -1.79. The minimum absolute atomic E-state index is 0.171. The summed E-state index contributed by atoms with van der Waals surface area (Å²) in [6.45, 7) is 3.75. The van der Waals surface area contributed by atoms with Gasteiger partial charge in [0.15, 0.2) is 6.10 Å². The molecule has 6 heteroatoms. The first kappa shape index (κ1) is 18.5. The third-order valence-electron chi connectivity index (χ3n) is 2.91. The number of rotatable bonds is 8. The molecule has 0 atom stereocenters. The van der Waals surface area contributed by atoms with E-state index in [2.05, 4.69) is 38.4 Å². The maximum absolute atomic E-state index is 11.5. The van der Waals surface area contributed by atoms with Crippen LogP contribution in [0.15, 0.2) is 70.1 Å². The van der Waals surface area contributed by atoms with E-state index in [0.717, 1.165) is 15.0 Å². The Labute approximate surface area is 157 Å². The maximum atomic E-state index is 11.5. The molecule has 0 aliphatic rings. The van der Waals surface area contributed by atoms with Gasteiger partial charge in [0, 0.05) is 15.0 Å². The van der Waals surface area contributed by atoms with E-state index in [9.17, 15) is 4.79 Å². The van der Waals surface area contributed by atoms with E-state index in [1.807, 2.05) is 48.5 Å². The van der Waals surface area contributed by atoms with Gasteiger partial charge < -0.3 is 14.2 Å². The van der Waals surface area contributed by atoms with Crippen LogP contribution in [-0.2, 0) is 9.53 Å². The van der Waals surface area contributed by atoms with Crippen molar-refractivity contribution < 1.29 is 19.0 Å². The summed E-state index contributed by atoms with van der Waals surface area (Å²) in [4.78, 5) is 11.5. The zero-order valence-corrected chi connectivity index (χ0v) is 16.0. The van der Waals surface area contributed by atoms with Gasteiger partial charge in [-0.3, -0.25) is 0 Å². The molecule has 0 unspecified atom stereocenters. The fourth-order valence-corrected chi connectivity index (χ4v) is 2.58. The van der Waals surface area contributed by atoms with E-state index in [-0.39, 0.29) is 13.2 Å². The molecule has 0 saturated carbocycles. The quantitative estimate of drug-likeness (QED) is 0.425. The number of hydrogen-bond donors (Lipinski definition) is 0. The summed E-state index contributed by atoms with van der Waals surface area (Å²) in [7, 11) is 0. The molecule has 0 saturated heterocycles. The van der Waals surface area contributed by atoms with E-state index in [1.54, 1.807) is 0 Å². The molecule has 0 bridgehead atoms. The Balaban J connectivity index is 1.95. The lowest BCUT2D eigenvalue weighted by Gasteiger charge is -2.18. The lowest BCUT2D eigenvalue weighted by molar-refractivity contribution is -0.146. The smallest absolute Gasteiger partial charge is 0.330 e. The highest BCUT2D eigenvalue weighted by molar-refractivity contribution is 9.10. The van der Waals surface area contributed by atoms with Gasteiger partial charge in [0.25, 0.3) is 0 Å². The first-order chi connectivity index (χ1) is 11.6. The first-order valence-electron chi connectivity index (χ1n) is 7.16. The number of ether oxygens (including phenoxy) is 3. The van der Waals surface area contributed by atoms with Crippen molar-refractivity contribution in [3.05, 3.63) is 70.1 Å². The van der Waals surface area contributed by atoms with Crippen LogP contribution in [0.3, 0.4) is 0 Å². The van der Waals surface area contributed by atoms with Crippen molar-refractivity contribution in [3.8, 4) is 11.5 Å². The molecular weight excluding hydrogens is 440 g/mol. The molecule has 0 radical (unpaired) electrons. The maximum Gasteiger partial charge on any atom is 0.330 e. The van der Waals surface area contributed by atoms with Crippen LogP contribution in [0, 0.1) is 0 Å². The van der Waals surface area contributed by atoms with Gasteiger partial charge in [-0.15, -0.1) is 0 Å². The number of hydrogen-bond acceptors (Lipinski definition) is 4. The normalized spacial score (nSPS) is 10.3. The summed E-state index contributed by atoms with van der Waals surface area (Å²) in [6.07, 6.45) is 0.555. The van der Waals surface area contributed by atoms with E-state index in [4.69, 9.17) is 14.2 Å². The van der Waals surface area contributed by atoms with Crippen LogP contribution in [0.4, 0.5) is 0 Å². The second-order valence-corrected chi connectivity index (χ2v) is 6.63. The summed E-state index contributed by atoms with van der Waals surface area (Å²) in [5, 5.41) is 0. The molecule has 126 valence electrons. The number of carbonyl (C=O) groups is 1. The van der Waals surface area contributed by atoms with Crippen molar-refractivity contribution >= 4 is 37.8 Å². The largest absolute Gasteiger partial charge is 0.490 e. The highest BCUT2D eigenvalue weighted by Gasteiger charge is 2.15. The molecule has 0 fully saturated rings. The highest BCUT2D eigenvalue weighted by atomic mass is 79.9. The minimum Gasteiger partial charge on any atom is -0.490 e. The molecule has 4 nitrogen and oxygen atoms in total. The minimum atomic E-state index is -0.562. The van der Waals surface area contributed by atoms with Crippen LogP contribution in [0.5, 0.6) is 11.5 Å². The van der Waals surface area contributed by atoms with Gasteiger partial charge in [0.05, 0.1) is 0 Å². The van der Waals surface area contributed by atoms with E-state index in [0.29, 0.717) is 11.5 Å². The fraction of sp³-hybridized carbons (Fsp3) is 0.167. The van der Waals surface area contributed by atoms with Gasteiger partial charge in [-0.25, -0.2) is 4.79 Å². The molecule has 24 heavy (non-hydrogen) atoms. The van der Waals surface area contributed by atoms with Crippen LogP contribution in [0.25, 0.3) is 0 Å². The monoisotopic (exact) mass is 454 g/mol. The Morgan fingerprint density at radius 1 is 1.00 bits per heavy atom. The van der Waals surface area contributed by atoms with Crippen molar-refractivity contribution in [2.45, 2.75) is 6.10 Å². The van der Waals surface area contributed by atoms with Crippen LogP contribution in [0.1, 0.15) is 0 Å². The predicted molar refractivity (Wildman–Crippen MR) is 99.4 cm³/mol. The van der Waals surface area contributed by atoms with Gasteiger partial charge in [-0.1, -0.05) is 50.6 Å². The standard InChI is InChI=1S/C18H16Br2O4/c1-2-18(21)24-17(11-22-15-7-3-5-13(19)9-15)12-23-16-8-4-6-14(20)10-16/h2-10,17H,1,11-12H2. The van der Waals surface area contributed by atoms with Crippen molar-refractivity contribution in [1.29, 1.82) is 0 Å². The van der Waals surface area contributed by atoms with E-state index in [1.165, 1.54) is 0 Å². The summed E-state index contributed by atoms with van der Waals surface area (Å²) < 4.78 is 18.4. The molecule has 0 N–H and O–H groups in total. The van der Waals surface area contributed by atoms with E-state index >= 15 is 0 Å². The molecule has 2 rings (SSSR count). The molecule has 0 amide bonds. The number of esters is 1. The van der Waals surface area contributed by atoms with Gasteiger partial charge in [-0.2, -0.15) is 0 Å². The third-order valence-corrected chi connectivity index (χ3v) is 3.90. The third kappa shape index (κ3) is 6.37. The average Bonchev–Trinajstić information content (AvgIpc) is 2.57. The molecule has 2 aromatic rings. The summed E-state index contributed by atoms with van der Waals surface area (Å²) >= 11 is 6.76. The van der Waals surface area contributed by atoms with Crippen LogP contribution >= 0.6 is 31.9 Å². The number of benzene rings is 2. The highest BCUT2D eigenvalue weighted by Crippen LogP contribution is 2.20. The fourth-order valence-electron chi connectivity index (χ4n) is 1.82. The second-order valence-electron chi connectivity index (χ2n) is 4.80. The Morgan fingerprint density at radius 2 is 1.50 bits per heavy atom. The van der Waals surface area contributed by atoms with Gasteiger partial charge in [0.2, 0.25) is 0 Å². The van der Waals surface area contributed by atoms with Crippen LogP contribution in [0.2, 0.25) is 0 Å². The topological polar surface area (TPSA) is 44.8 Å². The second kappa shape index (κ2) is 9.49. The molecule has 0 spiro atoms. The molecule has 0 heterocycles. The Kier molecular flexibility index (Phi) is 7.34. The van der Waals surface area contributed by atoms with Gasteiger partial charge >= 0.3 is 5.97 Å². The van der Waals surface area contributed by atoms with E-state index < -0.39 is 12.1 Å². The zero-order valence-electron chi connectivity index (χ0n) is 12.8. The molecule has 2 aromatic carbocycles. The lowest BCUT2D eigenvalue weighted by Crippen LogP contribution is -2.30. The lowest BCUT2D eigenvalue weighted by atomic mass is 10.3. The van der Waals surface area contributed by atoms with Crippen molar-refractivity contribution in [2.24, 2.45) is 0 Å². The number of halogens is 2. The van der Waals surface area contributed by atoms with Crippen LogP contribution in [-0.4, -0.2) is 25.3 Å². The van der Waals surface area contributed by atoms with Crippen molar-refractivity contribution in [3.63, 3.8) is 0 Å². The van der Waals surface area contributed by atoms with Crippen molar-refractivity contribution in [1.82, 2.24) is 0 Å². The Bertz CT molecular complexity index is 653. The summed E-state index contributed by atoms with van der Waals surface area (Å²) in [5.41, 5.74) is 0. The van der Waals surface area contributed by atoms with Gasteiger partial charge in [-0.05, 0) is 36.4 Å². The Morgan fingerprint density at radius 3 is 1.92 bits per heavy atom. The SMILES string of the molecule is C=CC(=O)OC(COc1cccc(Br)c1)COc1cccc(Br)c1. The van der Waals surface area contributed by atoms with Gasteiger partial charge in [0.1, 0.15) is 24.7 Å². The predicted octanol–water partition coefficient (Wildman–Crippen LogP) is 4.77. The molecular formula is C18H16Br2O4. The average molecular weight is 456 g/mol. The first-order valence-corrected chi connectivity index (χ1v) is 8.75. The molecule has 0 aromatic heterocycles. The summed E-state index contributed by atoms with van der Waals surface area (Å²) in [6, 6.07) is 14.9. The summed E-state index contributed by atoms with van der Waals surface area (Å²) in [5.74, 6) is 0.827. The zero-order chi connectivity index (χ0) is 17.4. The van der Waals surface area contributed by atoms with Crippen LogP contribution < -0.4 is 9.47 Å². The molecule has 0 aliphatic heterocycles. The van der Waals surface area contributed by atoms with Crippen molar-refractivity contribution in [2.75, 3.05) is 13.2 Å². The number of carbonyl (C=O) groups excluding carboxylic acids is 1.